The number of benzene rings is 2. The predicted octanol–water partition coefficient (Wildman–Crippen LogP) is 3.16. The van der Waals surface area contributed by atoms with Crippen molar-refractivity contribution in [3.8, 4) is 23.3 Å². The monoisotopic (exact) mass is 463 g/mol. The van der Waals surface area contributed by atoms with Crippen molar-refractivity contribution in [3.05, 3.63) is 59.4 Å². The van der Waals surface area contributed by atoms with Gasteiger partial charge in [-0.25, -0.2) is 4.79 Å². The summed E-state index contributed by atoms with van der Waals surface area (Å²) in [6.45, 7) is -0.567. The fourth-order valence-corrected chi connectivity index (χ4v) is 3.68. The van der Waals surface area contributed by atoms with E-state index < -0.39 is 18.4 Å². The molecule has 0 spiro atoms. The van der Waals surface area contributed by atoms with E-state index in [4.69, 9.17) is 18.9 Å². The van der Waals surface area contributed by atoms with Gasteiger partial charge >= 0.3 is 5.97 Å². The molecule has 2 aromatic carbocycles. The summed E-state index contributed by atoms with van der Waals surface area (Å²) in [6, 6.07) is 12.8. The van der Waals surface area contributed by atoms with Gasteiger partial charge in [0.15, 0.2) is 18.1 Å². The Labute approximate surface area is 198 Å². The number of anilines is 2. The van der Waals surface area contributed by atoms with Crippen LogP contribution >= 0.6 is 0 Å². The van der Waals surface area contributed by atoms with Crippen molar-refractivity contribution >= 4 is 29.2 Å². The molecular weight excluding hydrogens is 438 g/mol. The third kappa shape index (κ3) is 4.66. The van der Waals surface area contributed by atoms with Crippen LogP contribution in [-0.4, -0.2) is 53.8 Å². The molecule has 0 N–H and O–H groups in total. The third-order valence-corrected chi connectivity index (χ3v) is 5.30. The Morgan fingerprint density at radius 1 is 0.971 bits per heavy atom. The molecule has 2 aromatic rings. The van der Waals surface area contributed by atoms with Gasteiger partial charge in [-0.05, 0) is 35.9 Å². The van der Waals surface area contributed by atoms with Gasteiger partial charge in [0.1, 0.15) is 17.5 Å². The molecule has 0 aromatic heterocycles. The Bertz CT molecular complexity index is 1160. The number of esters is 1. The van der Waals surface area contributed by atoms with E-state index in [9.17, 15) is 14.9 Å². The normalized spacial score (nSPS) is 12.3. The number of nitriles is 1. The SMILES string of the molecule is COc1cc(/C=C/C(=O)OCC(=O)C(C#N)=C2N(C)c3ccccc3N2C)cc(OC)c1OC. The van der Waals surface area contributed by atoms with E-state index >= 15 is 0 Å². The third-order valence-electron chi connectivity index (χ3n) is 5.30. The van der Waals surface area contributed by atoms with E-state index in [0.29, 0.717) is 28.6 Å². The summed E-state index contributed by atoms with van der Waals surface area (Å²) >= 11 is 0. The quantitative estimate of drug-likeness (QED) is 0.332. The molecule has 0 atom stereocenters. The smallest absolute Gasteiger partial charge is 0.331 e. The first-order valence-corrected chi connectivity index (χ1v) is 10.2. The van der Waals surface area contributed by atoms with Crippen LogP contribution in [0.5, 0.6) is 17.2 Å². The molecule has 0 aliphatic carbocycles. The zero-order valence-electron chi connectivity index (χ0n) is 19.6. The maximum Gasteiger partial charge on any atom is 0.331 e. The average molecular weight is 463 g/mol. The Morgan fingerprint density at radius 3 is 2.00 bits per heavy atom. The zero-order chi connectivity index (χ0) is 24.8. The van der Waals surface area contributed by atoms with Crippen LogP contribution in [0.2, 0.25) is 0 Å². The van der Waals surface area contributed by atoms with Gasteiger partial charge in [0.25, 0.3) is 0 Å². The van der Waals surface area contributed by atoms with E-state index in [2.05, 4.69) is 0 Å². The summed E-state index contributed by atoms with van der Waals surface area (Å²) in [5.41, 5.74) is 2.24. The van der Waals surface area contributed by atoms with Crippen LogP contribution in [-0.2, 0) is 14.3 Å². The first-order chi connectivity index (χ1) is 16.4. The summed E-state index contributed by atoms with van der Waals surface area (Å²) in [6.07, 6.45) is 2.67. The predicted molar refractivity (Wildman–Crippen MR) is 127 cm³/mol. The lowest BCUT2D eigenvalue weighted by Crippen LogP contribution is -2.27. The molecule has 34 heavy (non-hydrogen) atoms. The van der Waals surface area contributed by atoms with Crippen LogP contribution in [0.15, 0.2) is 53.9 Å². The molecule has 0 radical (unpaired) electrons. The van der Waals surface area contributed by atoms with Crippen LogP contribution in [0.25, 0.3) is 6.08 Å². The fraction of sp³-hybridized carbons (Fsp3) is 0.240. The number of hydrogen-bond donors (Lipinski definition) is 0. The first kappa shape index (κ1) is 24.2. The van der Waals surface area contributed by atoms with Crippen LogP contribution in [0.1, 0.15) is 5.56 Å². The van der Waals surface area contributed by atoms with E-state index in [1.807, 2.05) is 30.3 Å². The molecule has 0 bridgehead atoms. The van der Waals surface area contributed by atoms with Crippen molar-refractivity contribution in [2.45, 2.75) is 0 Å². The maximum absolute atomic E-state index is 12.7. The van der Waals surface area contributed by atoms with Crippen LogP contribution in [0, 0.1) is 11.3 Å². The molecule has 176 valence electrons. The molecule has 9 heteroatoms. The van der Waals surface area contributed by atoms with Gasteiger partial charge in [-0.15, -0.1) is 0 Å². The lowest BCUT2D eigenvalue weighted by atomic mass is 10.1. The Balaban J connectivity index is 1.72. The number of fused-ring (bicyclic) bond motifs is 1. The maximum atomic E-state index is 12.7. The van der Waals surface area contributed by atoms with Crippen molar-refractivity contribution in [1.82, 2.24) is 0 Å². The number of hydrogen-bond acceptors (Lipinski definition) is 9. The van der Waals surface area contributed by atoms with Crippen LogP contribution in [0.4, 0.5) is 11.4 Å². The van der Waals surface area contributed by atoms with E-state index in [-0.39, 0.29) is 5.57 Å². The van der Waals surface area contributed by atoms with Crippen molar-refractivity contribution in [1.29, 1.82) is 5.26 Å². The molecule has 0 saturated heterocycles. The number of carbonyl (C=O) groups excluding carboxylic acids is 2. The highest BCUT2D eigenvalue weighted by atomic mass is 16.5. The highest BCUT2D eigenvalue weighted by Crippen LogP contribution is 2.40. The van der Waals surface area contributed by atoms with Crippen molar-refractivity contribution < 1.29 is 28.5 Å². The van der Waals surface area contributed by atoms with Gasteiger partial charge in [0, 0.05) is 20.2 Å². The fourth-order valence-electron chi connectivity index (χ4n) is 3.68. The first-order valence-electron chi connectivity index (χ1n) is 10.2. The summed E-state index contributed by atoms with van der Waals surface area (Å²) in [7, 11) is 8.02. The minimum Gasteiger partial charge on any atom is -0.493 e. The van der Waals surface area contributed by atoms with Crippen molar-refractivity contribution in [2.24, 2.45) is 0 Å². The molecule has 1 heterocycles. The number of ketones is 1. The van der Waals surface area contributed by atoms with Gasteiger partial charge in [-0.1, -0.05) is 12.1 Å². The van der Waals surface area contributed by atoms with E-state index in [1.165, 1.54) is 33.5 Å². The Morgan fingerprint density at radius 2 is 1.53 bits per heavy atom. The number of rotatable bonds is 8. The lowest BCUT2D eigenvalue weighted by Gasteiger charge is -2.19. The standard InChI is InChI=1S/C25H25N3O6/c1-27-18-8-6-7-9-19(18)28(2)25(27)17(14-26)20(29)15-34-23(30)11-10-16-12-21(31-3)24(33-5)22(13-16)32-4/h6-13H,15H2,1-5H3/b11-10+. The molecule has 1 aliphatic rings. The van der Waals surface area contributed by atoms with Gasteiger partial charge in [-0.3, -0.25) is 4.79 Å². The van der Waals surface area contributed by atoms with Crippen LogP contribution < -0.4 is 24.0 Å². The Kier molecular flexibility index (Phi) is 7.43. The number of carbonyl (C=O) groups is 2. The molecule has 1 aliphatic heterocycles. The number of nitrogens with zero attached hydrogens (tertiary/aromatic N) is 3. The molecule has 0 saturated carbocycles. The largest absolute Gasteiger partial charge is 0.493 e. The molecule has 9 nitrogen and oxygen atoms in total. The average Bonchev–Trinajstić information content (AvgIpc) is 3.11. The van der Waals surface area contributed by atoms with Crippen molar-refractivity contribution in [2.75, 3.05) is 51.8 Å². The number of ether oxygens (including phenoxy) is 4. The van der Waals surface area contributed by atoms with E-state index in [1.54, 1.807) is 36.0 Å². The molecular formula is C25H25N3O6. The van der Waals surface area contributed by atoms with Gasteiger partial charge in [-0.2, -0.15) is 5.26 Å². The number of para-hydroxylation sites is 2. The summed E-state index contributed by atoms with van der Waals surface area (Å²) < 4.78 is 20.9. The minimum atomic E-state index is -0.735. The second-order valence-corrected chi connectivity index (χ2v) is 7.24. The van der Waals surface area contributed by atoms with Gasteiger partial charge in [0.2, 0.25) is 11.5 Å². The summed E-state index contributed by atoms with van der Waals surface area (Å²) in [4.78, 5) is 28.5. The van der Waals surface area contributed by atoms with Gasteiger partial charge < -0.3 is 28.7 Å². The summed E-state index contributed by atoms with van der Waals surface area (Å²) in [5, 5.41) is 9.66. The molecule has 3 rings (SSSR count). The second kappa shape index (κ2) is 10.4. The number of methoxy groups -OCH3 is 3. The molecule has 0 fully saturated rings. The molecule has 0 unspecified atom stereocenters. The Hall–Kier alpha value is -4.45. The number of Topliss-reactive ketones (excluding diaryl/α,β-unsaturated/α-hetero) is 1. The minimum absolute atomic E-state index is 0.0948. The highest BCUT2D eigenvalue weighted by Gasteiger charge is 2.31. The lowest BCUT2D eigenvalue weighted by molar-refractivity contribution is -0.141. The van der Waals surface area contributed by atoms with Gasteiger partial charge in [0.05, 0.1) is 32.7 Å². The zero-order valence-corrected chi connectivity index (χ0v) is 19.6. The highest BCUT2D eigenvalue weighted by molar-refractivity contribution is 6.04. The second-order valence-electron chi connectivity index (χ2n) is 7.24. The summed E-state index contributed by atoms with van der Waals surface area (Å²) in [5.74, 6) is 0.385. The van der Waals surface area contributed by atoms with E-state index in [0.717, 1.165) is 11.4 Å². The molecule has 0 amide bonds. The van der Waals surface area contributed by atoms with Crippen molar-refractivity contribution in [3.63, 3.8) is 0 Å². The van der Waals surface area contributed by atoms with Crippen LogP contribution in [0.3, 0.4) is 0 Å². The topological polar surface area (TPSA) is 101 Å².